The summed E-state index contributed by atoms with van der Waals surface area (Å²) in [5, 5.41) is 10.1. The Bertz CT molecular complexity index is 1240. The number of benzene rings is 3. The Morgan fingerprint density at radius 1 is 0.972 bits per heavy atom. The van der Waals surface area contributed by atoms with Crippen molar-refractivity contribution in [2.75, 3.05) is 25.1 Å². The maximum Gasteiger partial charge on any atom is 0.124 e. The number of phenolic OH excluding ortho intramolecular Hbond substituents is 1. The maximum absolute atomic E-state index is 11.1. The van der Waals surface area contributed by atoms with Crippen LogP contribution in [0.25, 0.3) is 0 Å². The zero-order valence-corrected chi connectivity index (χ0v) is 21.0. The van der Waals surface area contributed by atoms with Crippen molar-refractivity contribution in [3.8, 4) is 11.5 Å². The van der Waals surface area contributed by atoms with Crippen LogP contribution >= 0.6 is 0 Å². The number of aromatic hydroxyl groups is 1. The van der Waals surface area contributed by atoms with Crippen LogP contribution in [0.4, 0.5) is 5.69 Å². The highest BCUT2D eigenvalue weighted by atomic mass is 16.5. The fourth-order valence-electron chi connectivity index (χ4n) is 7.20. The van der Waals surface area contributed by atoms with Crippen LogP contribution in [0.1, 0.15) is 66.2 Å². The first-order valence-corrected chi connectivity index (χ1v) is 13.3. The van der Waals surface area contributed by atoms with Crippen molar-refractivity contribution in [3.05, 3.63) is 89.0 Å². The molecular weight excluding hydrogens is 446 g/mol. The van der Waals surface area contributed by atoms with E-state index in [2.05, 4.69) is 59.5 Å². The Labute approximate surface area is 213 Å². The number of nitrogens with zero attached hydrogens (tertiary/aromatic N) is 1. The molecule has 36 heavy (non-hydrogen) atoms. The number of hydrogen-bond acceptors (Lipinski definition) is 4. The summed E-state index contributed by atoms with van der Waals surface area (Å²) in [4.78, 5) is 13.6. The van der Waals surface area contributed by atoms with E-state index in [1.807, 2.05) is 12.1 Å². The summed E-state index contributed by atoms with van der Waals surface area (Å²) in [5.41, 5.74) is 6.69. The van der Waals surface area contributed by atoms with E-state index in [4.69, 9.17) is 4.74 Å². The average Bonchev–Trinajstić information content (AvgIpc) is 2.91. The van der Waals surface area contributed by atoms with Crippen LogP contribution < -0.4 is 9.64 Å². The van der Waals surface area contributed by atoms with Gasteiger partial charge in [0.1, 0.15) is 17.8 Å². The van der Waals surface area contributed by atoms with E-state index in [1.54, 1.807) is 7.11 Å². The number of hydrogen-bond donors (Lipinski definition) is 1. The zero-order valence-electron chi connectivity index (χ0n) is 21.0. The van der Waals surface area contributed by atoms with Gasteiger partial charge in [-0.15, -0.1) is 0 Å². The third-order valence-corrected chi connectivity index (χ3v) is 9.14. The first-order valence-electron chi connectivity index (χ1n) is 13.3. The number of aldehydes is 1. The van der Waals surface area contributed by atoms with Crippen LogP contribution in [0.2, 0.25) is 0 Å². The van der Waals surface area contributed by atoms with Crippen molar-refractivity contribution in [1.82, 2.24) is 0 Å². The van der Waals surface area contributed by atoms with Gasteiger partial charge in [0.2, 0.25) is 0 Å². The topological polar surface area (TPSA) is 49.8 Å². The van der Waals surface area contributed by atoms with E-state index < -0.39 is 0 Å². The molecule has 1 saturated heterocycles. The summed E-state index contributed by atoms with van der Waals surface area (Å²) in [6.45, 7) is 2.07. The summed E-state index contributed by atoms with van der Waals surface area (Å²) in [5.74, 6) is 2.07. The predicted molar refractivity (Wildman–Crippen MR) is 143 cm³/mol. The van der Waals surface area contributed by atoms with Gasteiger partial charge in [-0.1, -0.05) is 42.5 Å². The Kier molecular flexibility index (Phi) is 5.99. The molecule has 3 aromatic rings. The number of ether oxygens (including phenoxy) is 1. The molecule has 3 aromatic carbocycles. The summed E-state index contributed by atoms with van der Waals surface area (Å²) in [7, 11) is 1.78. The van der Waals surface area contributed by atoms with Gasteiger partial charge in [0.25, 0.3) is 0 Å². The molecule has 1 N–H and O–H groups in total. The number of anilines is 1. The summed E-state index contributed by atoms with van der Waals surface area (Å²) >= 11 is 0. The molecule has 2 atom stereocenters. The molecule has 2 fully saturated rings. The molecule has 0 unspecified atom stereocenters. The molecule has 0 amide bonds. The van der Waals surface area contributed by atoms with Gasteiger partial charge in [0.05, 0.1) is 7.11 Å². The highest BCUT2D eigenvalue weighted by Gasteiger charge is 2.45. The average molecular weight is 482 g/mol. The summed E-state index contributed by atoms with van der Waals surface area (Å²) < 4.78 is 6.04. The molecule has 1 saturated carbocycles. The molecule has 1 heterocycles. The fraction of sp³-hybridized carbons (Fsp3) is 0.406. The monoisotopic (exact) mass is 481 g/mol. The number of aryl methyl sites for hydroxylation is 1. The molecule has 2 aliphatic carbocycles. The fourth-order valence-corrected chi connectivity index (χ4v) is 7.20. The van der Waals surface area contributed by atoms with Crippen molar-refractivity contribution in [2.24, 2.45) is 11.3 Å². The maximum atomic E-state index is 11.1. The quantitative estimate of drug-likeness (QED) is 0.425. The van der Waals surface area contributed by atoms with E-state index in [0.29, 0.717) is 17.1 Å². The normalized spacial score (nSPS) is 23.1. The minimum Gasteiger partial charge on any atom is -0.508 e. The number of phenols is 1. The van der Waals surface area contributed by atoms with E-state index in [1.165, 1.54) is 27.9 Å². The van der Waals surface area contributed by atoms with Crippen molar-refractivity contribution in [1.29, 1.82) is 0 Å². The molecule has 0 bridgehead atoms. The van der Waals surface area contributed by atoms with E-state index in [0.717, 1.165) is 63.7 Å². The second-order valence-electron chi connectivity index (χ2n) is 11.1. The van der Waals surface area contributed by atoms with Gasteiger partial charge in [0, 0.05) is 42.2 Å². The van der Waals surface area contributed by atoms with Gasteiger partial charge in [-0.3, -0.25) is 0 Å². The summed E-state index contributed by atoms with van der Waals surface area (Å²) in [6.07, 6.45) is 7.61. The van der Waals surface area contributed by atoms with Gasteiger partial charge in [0.15, 0.2) is 0 Å². The standard InChI is InChI=1S/C32H35NO3/c1-36-30-18-25(33-15-13-32(14-16-33)19-22(20-32)21-34)8-11-29(30)31-27(23-5-3-2-4-6-23)10-7-24-17-26(35)9-12-28(24)31/h2-6,8-9,11-12,17-18,21-22,27,31,35H,7,10,13-16,19-20H2,1H3/t27-,31+/m1/s1. The molecule has 1 spiro atoms. The first kappa shape index (κ1) is 23.1. The number of methoxy groups -OCH3 is 1. The van der Waals surface area contributed by atoms with Gasteiger partial charge in [-0.25, -0.2) is 0 Å². The molecule has 3 aliphatic rings. The van der Waals surface area contributed by atoms with Crippen molar-refractivity contribution < 1.29 is 14.6 Å². The second kappa shape index (κ2) is 9.31. The van der Waals surface area contributed by atoms with Gasteiger partial charge in [-0.05, 0) is 84.7 Å². The number of carbonyl (C=O) groups is 1. The molecule has 1 aliphatic heterocycles. The first-order chi connectivity index (χ1) is 17.6. The van der Waals surface area contributed by atoms with Crippen molar-refractivity contribution in [2.45, 2.75) is 50.4 Å². The number of piperidine rings is 1. The zero-order chi connectivity index (χ0) is 24.7. The number of fused-ring (bicyclic) bond motifs is 1. The van der Waals surface area contributed by atoms with Crippen LogP contribution in [-0.4, -0.2) is 31.6 Å². The molecule has 186 valence electrons. The molecular formula is C32H35NO3. The lowest BCUT2D eigenvalue weighted by Gasteiger charge is -2.51. The SMILES string of the molecule is COc1cc(N2CCC3(CC2)CC(C=O)C3)ccc1[C@@H]1c2ccc(O)cc2CC[C@@H]1c1ccccc1. The van der Waals surface area contributed by atoms with Gasteiger partial charge < -0.3 is 19.5 Å². The largest absolute Gasteiger partial charge is 0.508 e. The van der Waals surface area contributed by atoms with Crippen LogP contribution in [-0.2, 0) is 11.2 Å². The van der Waals surface area contributed by atoms with Crippen molar-refractivity contribution >= 4 is 12.0 Å². The summed E-state index contributed by atoms with van der Waals surface area (Å²) in [6, 6.07) is 23.4. The third kappa shape index (κ3) is 4.07. The molecule has 0 radical (unpaired) electrons. The molecule has 4 nitrogen and oxygen atoms in total. The van der Waals surface area contributed by atoms with E-state index in [-0.39, 0.29) is 11.8 Å². The lowest BCUT2D eigenvalue weighted by Crippen LogP contribution is -2.47. The Hall–Kier alpha value is -3.27. The Morgan fingerprint density at radius 3 is 2.44 bits per heavy atom. The Morgan fingerprint density at radius 2 is 1.72 bits per heavy atom. The van der Waals surface area contributed by atoms with Gasteiger partial charge >= 0.3 is 0 Å². The highest BCUT2D eigenvalue weighted by Crippen LogP contribution is 2.53. The van der Waals surface area contributed by atoms with E-state index in [9.17, 15) is 9.90 Å². The Balaban J connectivity index is 1.32. The minimum absolute atomic E-state index is 0.167. The van der Waals surface area contributed by atoms with Crippen LogP contribution in [0.15, 0.2) is 66.7 Å². The van der Waals surface area contributed by atoms with Crippen LogP contribution in [0.3, 0.4) is 0 Å². The van der Waals surface area contributed by atoms with Crippen LogP contribution in [0, 0.1) is 11.3 Å². The smallest absolute Gasteiger partial charge is 0.124 e. The second-order valence-corrected chi connectivity index (χ2v) is 11.1. The molecule has 6 rings (SSSR count). The van der Waals surface area contributed by atoms with E-state index >= 15 is 0 Å². The lowest BCUT2D eigenvalue weighted by molar-refractivity contribution is -0.118. The molecule has 4 heteroatoms. The van der Waals surface area contributed by atoms with Crippen LogP contribution in [0.5, 0.6) is 11.5 Å². The molecule has 0 aromatic heterocycles. The number of rotatable bonds is 5. The van der Waals surface area contributed by atoms with Gasteiger partial charge in [-0.2, -0.15) is 0 Å². The number of carbonyl (C=O) groups excluding carboxylic acids is 1. The minimum atomic E-state index is 0.167. The third-order valence-electron chi connectivity index (χ3n) is 9.14. The highest BCUT2D eigenvalue weighted by molar-refractivity contribution is 5.59. The van der Waals surface area contributed by atoms with Crippen molar-refractivity contribution in [3.63, 3.8) is 0 Å². The lowest BCUT2D eigenvalue weighted by atomic mass is 9.58. The predicted octanol–water partition coefficient (Wildman–Crippen LogP) is 6.46.